The maximum atomic E-state index is 11.7. The summed E-state index contributed by atoms with van der Waals surface area (Å²) in [7, 11) is 0. The van der Waals surface area contributed by atoms with Crippen molar-refractivity contribution in [2.24, 2.45) is 0 Å². The minimum absolute atomic E-state index is 0.0317. The third-order valence-corrected chi connectivity index (χ3v) is 3.02. The van der Waals surface area contributed by atoms with Gasteiger partial charge in [0, 0.05) is 12.5 Å². The van der Waals surface area contributed by atoms with E-state index in [0.29, 0.717) is 32.6 Å². The Kier molecular flexibility index (Phi) is 3.11. The van der Waals surface area contributed by atoms with E-state index in [4.69, 9.17) is 9.47 Å². The summed E-state index contributed by atoms with van der Waals surface area (Å²) in [6.45, 7) is 3.61. The van der Waals surface area contributed by atoms with Gasteiger partial charge in [-0.15, -0.1) is 0 Å². The lowest BCUT2D eigenvalue weighted by atomic mass is 10.2. The standard InChI is InChI=1S/C10H16N2O4/c1-8-4-10(15-2-3-16-10)6-12(8)9(14)5-11-7-13/h7-8H,2-6H2,1H3,(H,11,13)/t8-/m1/s1. The summed E-state index contributed by atoms with van der Waals surface area (Å²) in [5.41, 5.74) is 0. The second-order valence-corrected chi connectivity index (χ2v) is 4.18. The summed E-state index contributed by atoms with van der Waals surface area (Å²) in [4.78, 5) is 23.6. The molecular weight excluding hydrogens is 212 g/mol. The molecule has 2 rings (SSSR count). The SMILES string of the molecule is C[C@@H]1CC2(CN1C(=O)CNC=O)OCCO2. The van der Waals surface area contributed by atoms with E-state index in [2.05, 4.69) is 5.32 Å². The molecule has 0 bridgehead atoms. The van der Waals surface area contributed by atoms with Crippen molar-refractivity contribution in [3.05, 3.63) is 0 Å². The summed E-state index contributed by atoms with van der Waals surface area (Å²) in [6, 6.07) is 0.0825. The van der Waals surface area contributed by atoms with Crippen LogP contribution in [0, 0.1) is 0 Å². The molecule has 0 aliphatic carbocycles. The van der Waals surface area contributed by atoms with Crippen LogP contribution in [-0.4, -0.2) is 55.3 Å². The zero-order valence-corrected chi connectivity index (χ0v) is 9.27. The number of carbonyl (C=O) groups excluding carboxylic acids is 2. The fraction of sp³-hybridized carbons (Fsp3) is 0.800. The van der Waals surface area contributed by atoms with Crippen LogP contribution in [0.3, 0.4) is 0 Å². The fourth-order valence-corrected chi connectivity index (χ4v) is 2.31. The highest BCUT2D eigenvalue weighted by Crippen LogP contribution is 2.34. The minimum Gasteiger partial charge on any atom is -0.350 e. The number of hydrogen-bond donors (Lipinski definition) is 1. The first-order valence-electron chi connectivity index (χ1n) is 5.41. The topological polar surface area (TPSA) is 67.9 Å². The molecule has 1 N–H and O–H groups in total. The van der Waals surface area contributed by atoms with E-state index in [1.165, 1.54) is 0 Å². The van der Waals surface area contributed by atoms with Gasteiger partial charge in [0.25, 0.3) is 0 Å². The molecule has 1 atom stereocenters. The molecule has 90 valence electrons. The van der Waals surface area contributed by atoms with Gasteiger partial charge in [0.15, 0.2) is 5.79 Å². The Labute approximate surface area is 93.9 Å². The quantitative estimate of drug-likeness (QED) is 0.635. The molecule has 16 heavy (non-hydrogen) atoms. The first-order valence-corrected chi connectivity index (χ1v) is 5.41. The number of nitrogens with zero attached hydrogens (tertiary/aromatic N) is 1. The maximum absolute atomic E-state index is 11.7. The summed E-state index contributed by atoms with van der Waals surface area (Å²) < 4.78 is 11.1. The minimum atomic E-state index is -0.601. The van der Waals surface area contributed by atoms with Crippen LogP contribution in [0.5, 0.6) is 0 Å². The lowest BCUT2D eigenvalue weighted by molar-refractivity contribution is -0.152. The smallest absolute Gasteiger partial charge is 0.242 e. The van der Waals surface area contributed by atoms with Crippen LogP contribution in [0.1, 0.15) is 13.3 Å². The van der Waals surface area contributed by atoms with Crippen LogP contribution in [0.25, 0.3) is 0 Å². The summed E-state index contributed by atoms with van der Waals surface area (Å²) in [5, 5.41) is 2.37. The van der Waals surface area contributed by atoms with Crippen LogP contribution < -0.4 is 5.32 Å². The monoisotopic (exact) mass is 228 g/mol. The highest BCUT2D eigenvalue weighted by molar-refractivity contribution is 5.80. The van der Waals surface area contributed by atoms with Crippen molar-refractivity contribution >= 4 is 12.3 Å². The van der Waals surface area contributed by atoms with E-state index >= 15 is 0 Å². The number of rotatable bonds is 3. The van der Waals surface area contributed by atoms with E-state index in [9.17, 15) is 9.59 Å². The van der Waals surface area contributed by atoms with E-state index in [1.807, 2.05) is 6.92 Å². The summed E-state index contributed by atoms with van der Waals surface area (Å²) in [6.07, 6.45) is 1.22. The van der Waals surface area contributed by atoms with E-state index in [-0.39, 0.29) is 18.5 Å². The van der Waals surface area contributed by atoms with Gasteiger partial charge in [-0.1, -0.05) is 0 Å². The van der Waals surface area contributed by atoms with Crippen LogP contribution in [0.2, 0.25) is 0 Å². The van der Waals surface area contributed by atoms with Gasteiger partial charge in [0.2, 0.25) is 12.3 Å². The van der Waals surface area contributed by atoms with Gasteiger partial charge < -0.3 is 19.7 Å². The zero-order valence-electron chi connectivity index (χ0n) is 9.27. The van der Waals surface area contributed by atoms with Crippen LogP contribution in [0.4, 0.5) is 0 Å². The van der Waals surface area contributed by atoms with Crippen molar-refractivity contribution in [3.8, 4) is 0 Å². The Balaban J connectivity index is 1.96. The molecule has 6 heteroatoms. The number of nitrogens with one attached hydrogen (secondary N) is 1. The number of carbonyl (C=O) groups is 2. The van der Waals surface area contributed by atoms with Gasteiger partial charge in [-0.05, 0) is 6.92 Å². The normalized spacial score (nSPS) is 27.3. The molecule has 2 heterocycles. The number of hydrogen-bond acceptors (Lipinski definition) is 4. The summed E-state index contributed by atoms with van der Waals surface area (Å²) in [5.74, 6) is -0.702. The predicted octanol–water partition coefficient (Wildman–Crippen LogP) is -0.904. The predicted molar refractivity (Wildman–Crippen MR) is 54.5 cm³/mol. The lowest BCUT2D eigenvalue weighted by Crippen LogP contribution is -2.42. The third kappa shape index (κ3) is 2.03. The van der Waals surface area contributed by atoms with E-state index < -0.39 is 5.79 Å². The molecule has 2 aliphatic rings. The molecule has 2 aliphatic heterocycles. The highest BCUT2D eigenvalue weighted by atomic mass is 16.7. The van der Waals surface area contributed by atoms with Gasteiger partial charge in [0.05, 0.1) is 26.3 Å². The van der Waals surface area contributed by atoms with E-state index in [1.54, 1.807) is 4.90 Å². The van der Waals surface area contributed by atoms with Crippen molar-refractivity contribution in [1.29, 1.82) is 0 Å². The van der Waals surface area contributed by atoms with Crippen molar-refractivity contribution in [2.45, 2.75) is 25.2 Å². The molecule has 0 aromatic rings. The fourth-order valence-electron chi connectivity index (χ4n) is 2.31. The average Bonchev–Trinajstić information content (AvgIpc) is 2.83. The maximum Gasteiger partial charge on any atom is 0.242 e. The van der Waals surface area contributed by atoms with Crippen LogP contribution in [0.15, 0.2) is 0 Å². The number of ether oxygens (including phenoxy) is 2. The van der Waals surface area contributed by atoms with Crippen molar-refractivity contribution in [1.82, 2.24) is 10.2 Å². The van der Waals surface area contributed by atoms with Crippen molar-refractivity contribution in [2.75, 3.05) is 26.3 Å². The molecule has 2 fully saturated rings. The highest BCUT2D eigenvalue weighted by Gasteiger charge is 2.48. The Hall–Kier alpha value is -1.14. The van der Waals surface area contributed by atoms with Gasteiger partial charge in [0.1, 0.15) is 0 Å². The number of likely N-dealkylation sites (tertiary alicyclic amines) is 1. The largest absolute Gasteiger partial charge is 0.350 e. The first-order chi connectivity index (χ1) is 7.67. The van der Waals surface area contributed by atoms with Gasteiger partial charge >= 0.3 is 0 Å². The molecule has 2 amide bonds. The molecule has 0 unspecified atom stereocenters. The number of amides is 2. The van der Waals surface area contributed by atoms with Crippen LogP contribution in [-0.2, 0) is 19.1 Å². The first kappa shape index (κ1) is 11.3. The van der Waals surface area contributed by atoms with E-state index in [0.717, 1.165) is 0 Å². The van der Waals surface area contributed by atoms with Gasteiger partial charge in [-0.2, -0.15) is 0 Å². The Morgan fingerprint density at radius 1 is 1.56 bits per heavy atom. The molecule has 2 saturated heterocycles. The Morgan fingerprint density at radius 2 is 2.25 bits per heavy atom. The van der Waals surface area contributed by atoms with Crippen LogP contribution >= 0.6 is 0 Å². The molecule has 0 radical (unpaired) electrons. The Morgan fingerprint density at radius 3 is 2.88 bits per heavy atom. The molecule has 0 aromatic heterocycles. The third-order valence-electron chi connectivity index (χ3n) is 3.02. The van der Waals surface area contributed by atoms with Crippen molar-refractivity contribution < 1.29 is 19.1 Å². The molecular formula is C10H16N2O4. The van der Waals surface area contributed by atoms with Gasteiger partial charge in [-0.3, -0.25) is 9.59 Å². The van der Waals surface area contributed by atoms with Gasteiger partial charge in [-0.25, -0.2) is 0 Å². The second-order valence-electron chi connectivity index (χ2n) is 4.18. The second kappa shape index (κ2) is 4.39. The Bertz CT molecular complexity index is 289. The van der Waals surface area contributed by atoms with Crippen molar-refractivity contribution in [3.63, 3.8) is 0 Å². The molecule has 0 saturated carbocycles. The average molecular weight is 228 g/mol. The molecule has 0 aromatic carbocycles. The molecule has 1 spiro atoms. The molecule has 6 nitrogen and oxygen atoms in total. The zero-order chi connectivity index (χ0) is 11.6. The summed E-state index contributed by atoms with van der Waals surface area (Å²) >= 11 is 0. The lowest BCUT2D eigenvalue weighted by Gasteiger charge is -2.22.